The van der Waals surface area contributed by atoms with Crippen LogP contribution in [0.25, 0.3) is 64.7 Å². The van der Waals surface area contributed by atoms with Gasteiger partial charge in [-0.25, -0.2) is 0 Å². The van der Waals surface area contributed by atoms with Crippen LogP contribution in [0.15, 0.2) is 249 Å². The van der Waals surface area contributed by atoms with Gasteiger partial charge >= 0.3 is 0 Å². The lowest BCUT2D eigenvalue weighted by Gasteiger charge is -2.34. The maximum Gasteiger partial charge on any atom is 0.0714 e. The Balaban J connectivity index is 1.07. The lowest BCUT2D eigenvalue weighted by atomic mass is 9.67. The van der Waals surface area contributed by atoms with Crippen molar-refractivity contribution in [1.29, 1.82) is 0 Å². The fourth-order valence-electron chi connectivity index (χ4n) is 10.1. The van der Waals surface area contributed by atoms with E-state index < -0.39 is 5.41 Å². The molecule has 0 spiro atoms. The van der Waals surface area contributed by atoms with Crippen molar-refractivity contribution in [1.82, 2.24) is 0 Å². The van der Waals surface area contributed by atoms with Crippen LogP contribution in [-0.2, 0) is 5.41 Å². The van der Waals surface area contributed by atoms with Gasteiger partial charge in [0, 0.05) is 42.8 Å². The van der Waals surface area contributed by atoms with Crippen LogP contribution in [0.1, 0.15) is 22.3 Å². The number of benzene rings is 10. The molecule has 0 unspecified atom stereocenters. The van der Waals surface area contributed by atoms with E-state index in [9.17, 15) is 0 Å². The summed E-state index contributed by atoms with van der Waals surface area (Å²) >= 11 is 1.91. The molecule has 0 N–H and O–H groups in total. The first-order valence-corrected chi connectivity index (χ1v) is 22.5. The third-order valence-corrected chi connectivity index (χ3v) is 14.2. The van der Waals surface area contributed by atoms with Gasteiger partial charge in [0.15, 0.2) is 0 Å². The van der Waals surface area contributed by atoms with E-state index in [1.165, 1.54) is 86.9 Å². The molecule has 11 aromatic rings. The van der Waals surface area contributed by atoms with Crippen LogP contribution in [0.2, 0.25) is 0 Å². The maximum absolute atomic E-state index is 2.47. The molecule has 0 aliphatic heterocycles. The lowest BCUT2D eigenvalue weighted by Crippen LogP contribution is -2.28. The fraction of sp³-hybridized carbons (Fsp3) is 0.0164. The average molecular weight is 820 g/mol. The smallest absolute Gasteiger partial charge is 0.0714 e. The molecule has 0 bridgehead atoms. The average Bonchev–Trinajstić information content (AvgIpc) is 3.89. The Hall–Kier alpha value is -7.78. The van der Waals surface area contributed by atoms with Crippen molar-refractivity contribution >= 4 is 48.6 Å². The molecule has 1 nitrogen and oxygen atoms in total. The molecule has 1 aliphatic rings. The van der Waals surface area contributed by atoms with Gasteiger partial charge < -0.3 is 4.90 Å². The number of fused-ring (bicyclic) bond motifs is 7. The predicted octanol–water partition coefficient (Wildman–Crippen LogP) is 16.9. The third-order valence-electron chi connectivity index (χ3n) is 13.0. The lowest BCUT2D eigenvalue weighted by molar-refractivity contribution is 0.769. The van der Waals surface area contributed by atoms with Gasteiger partial charge in [0.25, 0.3) is 0 Å². The summed E-state index contributed by atoms with van der Waals surface area (Å²) in [6.45, 7) is 0. The molecule has 0 fully saturated rings. The molecule has 296 valence electrons. The van der Waals surface area contributed by atoms with Gasteiger partial charge in [-0.2, -0.15) is 0 Å². The summed E-state index contributed by atoms with van der Waals surface area (Å²) in [4.78, 5) is 2.43. The van der Waals surface area contributed by atoms with Crippen molar-refractivity contribution in [3.8, 4) is 44.5 Å². The number of rotatable bonds is 8. The molecular formula is C61H41NS. The Bertz CT molecular complexity index is 3370. The second kappa shape index (κ2) is 15.3. The minimum atomic E-state index is -0.506. The van der Waals surface area contributed by atoms with E-state index >= 15 is 0 Å². The molecular weight excluding hydrogens is 779 g/mol. The summed E-state index contributed by atoms with van der Waals surface area (Å²) < 4.78 is 2.65. The summed E-state index contributed by atoms with van der Waals surface area (Å²) in [5, 5.41) is 2.62. The molecule has 12 rings (SSSR count). The van der Waals surface area contributed by atoms with Gasteiger partial charge in [-0.3, -0.25) is 0 Å². The zero-order valence-corrected chi connectivity index (χ0v) is 35.3. The fourth-order valence-corrected chi connectivity index (χ4v) is 11.3. The zero-order valence-electron chi connectivity index (χ0n) is 34.5. The SMILES string of the molecule is c1ccc(-c2ccc(N(c3ccc(-c4cccc(-c5ccccc5)c4)cc3)c3ccc4c(c3)-c3c(ccc5c3sc3ccccc35)C4(c3ccccc3)c3ccccc3)cc2)cc1. The van der Waals surface area contributed by atoms with E-state index in [-0.39, 0.29) is 0 Å². The van der Waals surface area contributed by atoms with Crippen molar-refractivity contribution in [3.05, 3.63) is 271 Å². The Morgan fingerprint density at radius 3 is 1.38 bits per heavy atom. The van der Waals surface area contributed by atoms with Gasteiger partial charge in [0.1, 0.15) is 0 Å². The molecule has 1 aromatic heterocycles. The number of hydrogen-bond acceptors (Lipinski definition) is 2. The van der Waals surface area contributed by atoms with Crippen molar-refractivity contribution < 1.29 is 0 Å². The van der Waals surface area contributed by atoms with Crippen LogP contribution in [0, 0.1) is 0 Å². The van der Waals surface area contributed by atoms with Gasteiger partial charge in [-0.1, -0.05) is 200 Å². The highest BCUT2D eigenvalue weighted by Crippen LogP contribution is 2.60. The van der Waals surface area contributed by atoms with Crippen LogP contribution >= 0.6 is 11.3 Å². The molecule has 0 atom stereocenters. The van der Waals surface area contributed by atoms with Gasteiger partial charge in [0.2, 0.25) is 0 Å². The van der Waals surface area contributed by atoms with Gasteiger partial charge in [-0.05, 0) is 110 Å². The van der Waals surface area contributed by atoms with E-state index in [0.717, 1.165) is 17.1 Å². The van der Waals surface area contributed by atoms with Crippen LogP contribution < -0.4 is 4.90 Å². The second-order valence-electron chi connectivity index (χ2n) is 16.4. The number of anilines is 3. The molecule has 63 heavy (non-hydrogen) atoms. The Kier molecular flexibility index (Phi) is 8.98. The molecule has 0 saturated carbocycles. The van der Waals surface area contributed by atoms with Crippen LogP contribution in [0.3, 0.4) is 0 Å². The highest BCUT2D eigenvalue weighted by Gasteiger charge is 2.47. The molecule has 0 amide bonds. The normalized spacial score (nSPS) is 12.6. The molecule has 0 radical (unpaired) electrons. The first-order valence-electron chi connectivity index (χ1n) is 21.7. The highest BCUT2D eigenvalue weighted by molar-refractivity contribution is 7.26. The van der Waals surface area contributed by atoms with Gasteiger partial charge in [-0.15, -0.1) is 11.3 Å². The third kappa shape index (κ3) is 6.14. The standard InChI is InChI=1S/C61H41NS/c1-5-16-42(17-6-1)44-28-32-50(33-29-44)62(51-34-30-45(31-35-51)47-21-15-20-46(40-47)43-18-7-2-8-19-43)52-36-38-56-55(41-52)59-57(39-37-54-53-26-13-14-27-58(53)63-60(54)59)61(56,48-22-9-3-10-23-48)49-24-11-4-12-25-49/h1-41H. The Morgan fingerprint density at radius 2 is 0.778 bits per heavy atom. The van der Waals surface area contributed by atoms with Gasteiger partial charge in [0.05, 0.1) is 5.41 Å². The first kappa shape index (κ1) is 37.0. The van der Waals surface area contributed by atoms with Crippen molar-refractivity contribution in [2.75, 3.05) is 4.90 Å². The number of hydrogen-bond donors (Lipinski definition) is 0. The largest absolute Gasteiger partial charge is 0.310 e. The number of nitrogens with zero attached hydrogens (tertiary/aromatic N) is 1. The minimum absolute atomic E-state index is 0.506. The Morgan fingerprint density at radius 1 is 0.317 bits per heavy atom. The summed E-state index contributed by atoms with van der Waals surface area (Å²) in [6, 6.07) is 91.4. The molecule has 1 heterocycles. The summed E-state index contributed by atoms with van der Waals surface area (Å²) in [7, 11) is 0. The summed E-state index contributed by atoms with van der Waals surface area (Å²) in [5.74, 6) is 0. The predicted molar refractivity (Wildman–Crippen MR) is 268 cm³/mol. The van der Waals surface area contributed by atoms with E-state index in [4.69, 9.17) is 0 Å². The van der Waals surface area contributed by atoms with E-state index in [0.29, 0.717) is 0 Å². The first-order chi connectivity index (χ1) is 31.2. The number of thiophene rings is 1. The van der Waals surface area contributed by atoms with Crippen LogP contribution in [0.5, 0.6) is 0 Å². The van der Waals surface area contributed by atoms with E-state index in [1.807, 2.05) is 11.3 Å². The topological polar surface area (TPSA) is 3.24 Å². The minimum Gasteiger partial charge on any atom is -0.310 e. The highest BCUT2D eigenvalue weighted by atomic mass is 32.1. The molecule has 2 heteroatoms. The van der Waals surface area contributed by atoms with Crippen molar-refractivity contribution in [2.24, 2.45) is 0 Å². The van der Waals surface area contributed by atoms with Crippen molar-refractivity contribution in [2.45, 2.75) is 5.41 Å². The quantitative estimate of drug-likeness (QED) is 0.148. The Labute approximate surface area is 372 Å². The zero-order chi connectivity index (χ0) is 41.7. The van der Waals surface area contributed by atoms with E-state index in [1.54, 1.807) is 0 Å². The molecule has 10 aromatic carbocycles. The second-order valence-corrected chi connectivity index (χ2v) is 17.5. The summed E-state index contributed by atoms with van der Waals surface area (Å²) in [5.41, 5.74) is 17.8. The monoisotopic (exact) mass is 819 g/mol. The van der Waals surface area contributed by atoms with Crippen molar-refractivity contribution in [3.63, 3.8) is 0 Å². The van der Waals surface area contributed by atoms with E-state index in [2.05, 4.69) is 254 Å². The molecule has 0 saturated heterocycles. The molecule has 1 aliphatic carbocycles. The maximum atomic E-state index is 2.47. The summed E-state index contributed by atoms with van der Waals surface area (Å²) in [6.07, 6.45) is 0. The van der Waals surface area contributed by atoms with Crippen LogP contribution in [-0.4, -0.2) is 0 Å². The van der Waals surface area contributed by atoms with Crippen LogP contribution in [0.4, 0.5) is 17.1 Å².